The summed E-state index contributed by atoms with van der Waals surface area (Å²) in [6, 6.07) is 17.6. The molecule has 0 spiro atoms. The Morgan fingerprint density at radius 1 is 1.12 bits per heavy atom. The number of β-lactam (4-membered cyclic amide) rings is 1. The van der Waals surface area contributed by atoms with Gasteiger partial charge < -0.3 is 19.4 Å². The van der Waals surface area contributed by atoms with Gasteiger partial charge in [-0.3, -0.25) is 19.2 Å². The zero-order chi connectivity index (χ0) is 30.7. The summed E-state index contributed by atoms with van der Waals surface area (Å²) in [5.74, 6) is -0.483. The van der Waals surface area contributed by atoms with Gasteiger partial charge in [0.25, 0.3) is 0 Å². The van der Waals surface area contributed by atoms with E-state index in [0.717, 1.165) is 35.3 Å². The second-order valence-electron chi connectivity index (χ2n) is 12.3. The van der Waals surface area contributed by atoms with Crippen molar-refractivity contribution in [2.24, 2.45) is 5.92 Å². The Balaban J connectivity index is 1.19. The Hall–Kier alpha value is -3.38. The topological polar surface area (TPSA) is 127 Å². The van der Waals surface area contributed by atoms with Crippen LogP contribution < -0.4 is 4.90 Å². The summed E-state index contributed by atoms with van der Waals surface area (Å²) in [6.07, 6.45) is 3.83. The van der Waals surface area contributed by atoms with E-state index in [9.17, 15) is 19.5 Å². The fraction of sp³-hybridized carbons (Fsp3) is 0.500. The molecule has 43 heavy (non-hydrogen) atoms. The molecule has 2 aromatic carbocycles. The second-order valence-corrected chi connectivity index (χ2v) is 16.3. The molecular weight excluding hydrogens is 564 g/mol. The minimum atomic E-state index is -2.52. The van der Waals surface area contributed by atoms with Gasteiger partial charge in [0.2, 0.25) is 5.91 Å². The van der Waals surface area contributed by atoms with E-state index < -0.39 is 20.5 Å². The smallest absolute Gasteiger partial charge is 0.304 e. The Bertz CT molecular complexity index is 1390. The van der Waals surface area contributed by atoms with Gasteiger partial charge in [-0.05, 0) is 61.5 Å². The van der Waals surface area contributed by atoms with Gasteiger partial charge in [0, 0.05) is 30.9 Å². The van der Waals surface area contributed by atoms with E-state index in [2.05, 4.69) is 17.2 Å². The number of nitrogens with zero attached hydrogens (tertiary/aromatic N) is 4. The van der Waals surface area contributed by atoms with Gasteiger partial charge in [0.05, 0.1) is 36.8 Å². The number of carbonyl (C=O) groups is 2. The summed E-state index contributed by atoms with van der Waals surface area (Å²) < 4.78 is 13.7. The largest absolute Gasteiger partial charge is 0.441 e. The first-order chi connectivity index (χ1) is 20.5. The number of hydrogen-bond acceptors (Lipinski definition) is 8. The number of anilines is 1. The Kier molecular flexibility index (Phi) is 9.45. The van der Waals surface area contributed by atoms with Gasteiger partial charge in [-0.25, -0.2) is 0 Å². The first kappa shape index (κ1) is 31.1. The summed E-state index contributed by atoms with van der Waals surface area (Å²) in [5.41, 5.74) is 3.66. The van der Waals surface area contributed by atoms with E-state index in [1.165, 1.54) is 11.8 Å². The van der Waals surface area contributed by atoms with Crippen LogP contribution in [0.25, 0.3) is 0 Å². The summed E-state index contributed by atoms with van der Waals surface area (Å²) in [7, 11) is -2.52. The number of ether oxygens (including phenoxy) is 2. The van der Waals surface area contributed by atoms with Gasteiger partial charge in [0.15, 0.2) is 14.5 Å². The number of benzene rings is 2. The molecule has 2 aliphatic rings. The lowest BCUT2D eigenvalue weighted by atomic mass is 9.95. The maximum Gasteiger partial charge on any atom is 0.304 e. The lowest BCUT2D eigenvalue weighted by Gasteiger charge is -2.39. The average molecular weight is 607 g/mol. The lowest BCUT2D eigenvalue weighted by Crippen LogP contribution is -2.54. The van der Waals surface area contributed by atoms with Gasteiger partial charge in [0.1, 0.15) is 0 Å². The zero-order valence-electron chi connectivity index (χ0n) is 25.3. The first-order valence-electron chi connectivity index (χ1n) is 15.1. The lowest BCUT2D eigenvalue weighted by molar-refractivity contribution is -0.153. The second kappa shape index (κ2) is 13.1. The Labute approximate surface area is 253 Å². The van der Waals surface area contributed by atoms with Crippen LogP contribution >= 0.6 is 0 Å². The Morgan fingerprint density at radius 3 is 2.47 bits per heavy atom. The zero-order valence-corrected chi connectivity index (χ0v) is 26.3. The summed E-state index contributed by atoms with van der Waals surface area (Å²) in [4.78, 5) is 36.2. The molecule has 0 radical (unpaired) electrons. The third-order valence-corrected chi connectivity index (χ3v) is 11.3. The van der Waals surface area contributed by atoms with Crippen LogP contribution in [0.3, 0.4) is 0 Å². The van der Waals surface area contributed by atoms with Crippen LogP contribution in [0.1, 0.15) is 55.8 Å². The van der Waals surface area contributed by atoms with E-state index in [0.29, 0.717) is 13.0 Å². The van der Waals surface area contributed by atoms with Crippen molar-refractivity contribution >= 4 is 25.9 Å². The molecule has 10 nitrogen and oxygen atoms in total. The highest BCUT2D eigenvalue weighted by molar-refractivity contribution is 6.71. The molecule has 2 saturated heterocycles. The minimum Gasteiger partial charge on any atom is -0.441 e. The number of carbonyl (C=O) groups excluding carboxylic acids is 2. The predicted molar refractivity (Wildman–Crippen MR) is 164 cm³/mol. The van der Waals surface area contributed by atoms with E-state index in [4.69, 9.17) is 9.47 Å². The molecule has 2 fully saturated rings. The molecule has 2 N–H and O–H groups in total. The number of hydrogen-bond donors (Lipinski definition) is 2. The molecule has 2 aliphatic heterocycles. The molecular formula is C32H42N4O6Si. The van der Waals surface area contributed by atoms with Crippen LogP contribution in [0.5, 0.6) is 0 Å². The van der Waals surface area contributed by atoms with Crippen LogP contribution in [0, 0.1) is 5.92 Å². The number of rotatable bonds is 12. The number of aryl methyl sites for hydroxylation is 2. The van der Waals surface area contributed by atoms with Crippen LogP contribution in [0.2, 0.25) is 18.6 Å². The number of esters is 1. The van der Waals surface area contributed by atoms with Crippen molar-refractivity contribution in [2.45, 2.75) is 89.1 Å². The molecule has 2 unspecified atom stereocenters. The summed E-state index contributed by atoms with van der Waals surface area (Å²) in [5, 5.41) is 18.7. The molecule has 1 amide bonds. The monoisotopic (exact) mass is 606 g/mol. The van der Waals surface area contributed by atoms with E-state index in [1.54, 1.807) is 0 Å². The highest BCUT2D eigenvalue weighted by Gasteiger charge is 2.49. The van der Waals surface area contributed by atoms with Gasteiger partial charge in [-0.15, -0.1) is 5.10 Å². The van der Waals surface area contributed by atoms with Gasteiger partial charge >= 0.3 is 5.97 Å². The predicted octanol–water partition coefficient (Wildman–Crippen LogP) is 4.02. The highest BCUT2D eigenvalue weighted by Crippen LogP contribution is 2.45. The molecule has 3 heterocycles. The maximum absolute atomic E-state index is 12.1. The van der Waals surface area contributed by atoms with E-state index >= 15 is 0 Å². The molecule has 6 atom stereocenters. The van der Waals surface area contributed by atoms with Crippen LogP contribution in [0.4, 0.5) is 5.69 Å². The molecule has 11 heteroatoms. The number of aliphatic hydroxyl groups is 1. The van der Waals surface area contributed by atoms with Crippen molar-refractivity contribution in [3.63, 3.8) is 0 Å². The van der Waals surface area contributed by atoms with Crippen LogP contribution in [-0.2, 0) is 32.0 Å². The molecule has 0 saturated carbocycles. The van der Waals surface area contributed by atoms with Gasteiger partial charge in [-0.1, -0.05) is 54.6 Å². The highest BCUT2D eigenvalue weighted by atomic mass is 28.4. The van der Waals surface area contributed by atoms with Crippen LogP contribution in [-0.4, -0.2) is 70.1 Å². The number of aromatic nitrogens is 3. The van der Waals surface area contributed by atoms with E-state index in [-0.39, 0.29) is 48.5 Å². The maximum atomic E-state index is 12.1. The standard InChI is InChI=1S/C32H42N4O6Si/c1-21-28(15-12-23-10-13-25(14-11-23)36-30(39)18-31(36)41-22(2)38)42-29(32(21)43(3,4)40)16-17-35-19-27(33-34-35)26(20-37)24-8-6-5-7-9-24/h5-11,13-14,19,21,26,28-29,31-32,37,40H,12,15-18,20H2,1-4H3/t21-,26?,28+,29-,31?,32+/m1/s1. The molecule has 0 bridgehead atoms. The summed E-state index contributed by atoms with van der Waals surface area (Å²) >= 11 is 0. The molecule has 3 aromatic rings. The van der Waals surface area contributed by atoms with Crippen molar-refractivity contribution in [1.82, 2.24) is 15.0 Å². The van der Waals surface area contributed by atoms with Crippen LogP contribution in [0.15, 0.2) is 60.8 Å². The summed E-state index contributed by atoms with van der Waals surface area (Å²) in [6.45, 7) is 8.07. The quantitative estimate of drug-likeness (QED) is 0.180. The van der Waals surface area contributed by atoms with E-state index in [1.807, 2.05) is 78.6 Å². The molecule has 0 aliphatic carbocycles. The van der Waals surface area contributed by atoms with Gasteiger partial charge in [-0.2, -0.15) is 0 Å². The number of amides is 1. The average Bonchev–Trinajstić information content (AvgIpc) is 3.55. The van der Waals surface area contributed by atoms with Crippen molar-refractivity contribution in [1.29, 1.82) is 0 Å². The third-order valence-electron chi connectivity index (χ3n) is 8.80. The Morgan fingerprint density at radius 2 is 1.84 bits per heavy atom. The van der Waals surface area contributed by atoms with Crippen molar-refractivity contribution in [2.75, 3.05) is 11.5 Å². The van der Waals surface area contributed by atoms with Crippen molar-refractivity contribution < 1.29 is 29.0 Å². The fourth-order valence-corrected chi connectivity index (χ4v) is 9.35. The molecule has 5 rings (SSSR count). The molecule has 1 aromatic heterocycles. The van der Waals surface area contributed by atoms with Crippen molar-refractivity contribution in [3.05, 3.63) is 77.6 Å². The minimum absolute atomic E-state index is 0.0158. The van der Waals surface area contributed by atoms with Crippen molar-refractivity contribution in [3.8, 4) is 0 Å². The first-order valence-corrected chi connectivity index (χ1v) is 18.1. The third kappa shape index (κ3) is 7.06. The fourth-order valence-electron chi connectivity index (χ4n) is 6.69. The number of aliphatic hydroxyl groups excluding tert-OH is 1. The molecule has 230 valence electrons. The normalized spacial score (nSPS) is 24.6. The SMILES string of the molecule is CC(=O)OC1CC(=O)N1c1ccc(CC[C@@H]2O[C@H](CCn3cc(C(CO)c4ccccc4)nn3)[C@@H]([Si](C)(C)O)[C@@H]2C)cc1.